The molecule has 1 aromatic heterocycles. The van der Waals surface area contributed by atoms with Crippen LogP contribution in [0.4, 0.5) is 5.82 Å². The molecule has 0 atom stereocenters. The fourth-order valence-corrected chi connectivity index (χ4v) is 2.02. The molecule has 0 amide bonds. The van der Waals surface area contributed by atoms with Gasteiger partial charge < -0.3 is 5.73 Å². The van der Waals surface area contributed by atoms with Crippen molar-refractivity contribution in [3.63, 3.8) is 0 Å². The highest BCUT2D eigenvalue weighted by molar-refractivity contribution is 6.83. The number of nitrogens with zero attached hydrogens (tertiary/aromatic N) is 2. The van der Waals surface area contributed by atoms with E-state index in [4.69, 9.17) is 5.73 Å². The molecule has 2 N–H and O–H groups in total. The Labute approximate surface area is 114 Å². The predicted molar refractivity (Wildman–Crippen MR) is 82.1 cm³/mol. The van der Waals surface area contributed by atoms with Crippen molar-refractivity contribution in [1.82, 2.24) is 10.2 Å². The standard InChI is InChI=1S/C15H17N3Si/c1-19(2,3)10-9-13-11-14(17-18-15(13)16)12-7-5-4-6-8-12/h4-8,11H,1-3H3,(H2,16,18). The lowest BCUT2D eigenvalue weighted by Crippen LogP contribution is -2.16. The molecule has 0 unspecified atom stereocenters. The summed E-state index contributed by atoms with van der Waals surface area (Å²) in [6.07, 6.45) is 0. The van der Waals surface area contributed by atoms with Crippen LogP contribution in [-0.2, 0) is 0 Å². The second-order valence-electron chi connectivity index (χ2n) is 5.39. The summed E-state index contributed by atoms with van der Waals surface area (Å²) in [5, 5.41) is 8.12. The summed E-state index contributed by atoms with van der Waals surface area (Å²) < 4.78 is 0. The van der Waals surface area contributed by atoms with Gasteiger partial charge in [0.15, 0.2) is 5.82 Å². The van der Waals surface area contributed by atoms with Gasteiger partial charge in [0.1, 0.15) is 8.07 Å². The Morgan fingerprint density at radius 3 is 2.37 bits per heavy atom. The van der Waals surface area contributed by atoms with E-state index >= 15 is 0 Å². The smallest absolute Gasteiger partial charge is 0.161 e. The number of nitrogen functional groups attached to an aromatic ring is 1. The van der Waals surface area contributed by atoms with Crippen LogP contribution in [0.1, 0.15) is 5.56 Å². The molecule has 0 aliphatic rings. The Morgan fingerprint density at radius 1 is 1.05 bits per heavy atom. The molecule has 0 aliphatic heterocycles. The van der Waals surface area contributed by atoms with Gasteiger partial charge in [0.05, 0.1) is 11.3 Å². The van der Waals surface area contributed by atoms with Crippen molar-refractivity contribution in [3.05, 3.63) is 42.0 Å². The van der Waals surface area contributed by atoms with Gasteiger partial charge in [-0.15, -0.1) is 15.7 Å². The van der Waals surface area contributed by atoms with Crippen molar-refractivity contribution >= 4 is 13.9 Å². The van der Waals surface area contributed by atoms with Gasteiger partial charge >= 0.3 is 0 Å². The molecule has 1 aromatic carbocycles. The van der Waals surface area contributed by atoms with E-state index < -0.39 is 8.07 Å². The number of hydrogen-bond donors (Lipinski definition) is 1. The highest BCUT2D eigenvalue weighted by Crippen LogP contribution is 2.18. The number of anilines is 1. The molecular weight excluding hydrogens is 250 g/mol. The van der Waals surface area contributed by atoms with Gasteiger partial charge in [-0.05, 0) is 6.07 Å². The van der Waals surface area contributed by atoms with Gasteiger partial charge in [0.25, 0.3) is 0 Å². The first-order chi connectivity index (χ1) is 8.96. The van der Waals surface area contributed by atoms with Crippen LogP contribution in [0.2, 0.25) is 19.6 Å². The normalized spacial score (nSPS) is 10.7. The average molecular weight is 267 g/mol. The van der Waals surface area contributed by atoms with Gasteiger partial charge in [0.2, 0.25) is 0 Å². The van der Waals surface area contributed by atoms with Crippen LogP contribution in [0.5, 0.6) is 0 Å². The van der Waals surface area contributed by atoms with E-state index in [2.05, 4.69) is 41.3 Å². The van der Waals surface area contributed by atoms with Crippen LogP contribution >= 0.6 is 0 Å². The Bertz CT molecular complexity index is 634. The number of aromatic nitrogens is 2. The first-order valence-electron chi connectivity index (χ1n) is 6.17. The van der Waals surface area contributed by atoms with Crippen LogP contribution in [-0.4, -0.2) is 18.3 Å². The quantitative estimate of drug-likeness (QED) is 0.638. The molecule has 1 heterocycles. The highest BCUT2D eigenvalue weighted by Gasteiger charge is 2.09. The summed E-state index contributed by atoms with van der Waals surface area (Å²) in [6, 6.07) is 11.8. The molecule has 0 fully saturated rings. The van der Waals surface area contributed by atoms with Gasteiger partial charge in [0, 0.05) is 5.56 Å². The molecule has 0 spiro atoms. The predicted octanol–water partition coefficient (Wildman–Crippen LogP) is 2.95. The Balaban J connectivity index is 2.43. The minimum atomic E-state index is -1.42. The summed E-state index contributed by atoms with van der Waals surface area (Å²) in [6.45, 7) is 6.59. The summed E-state index contributed by atoms with van der Waals surface area (Å²) in [5.41, 5.74) is 11.7. The van der Waals surface area contributed by atoms with E-state index in [1.165, 1.54) is 0 Å². The maximum atomic E-state index is 5.84. The molecule has 0 radical (unpaired) electrons. The summed E-state index contributed by atoms with van der Waals surface area (Å²) in [5.74, 6) is 3.54. The van der Waals surface area contributed by atoms with Crippen LogP contribution in [0.25, 0.3) is 11.3 Å². The van der Waals surface area contributed by atoms with Crippen molar-refractivity contribution in [3.8, 4) is 22.7 Å². The molecular formula is C15H17N3Si. The van der Waals surface area contributed by atoms with E-state index in [0.717, 1.165) is 16.8 Å². The molecule has 19 heavy (non-hydrogen) atoms. The fourth-order valence-electron chi connectivity index (χ4n) is 1.51. The molecule has 0 saturated carbocycles. The van der Waals surface area contributed by atoms with Gasteiger partial charge in [-0.3, -0.25) is 0 Å². The Kier molecular flexibility index (Phi) is 3.68. The van der Waals surface area contributed by atoms with E-state index in [-0.39, 0.29) is 0 Å². The van der Waals surface area contributed by atoms with Gasteiger partial charge in [-0.25, -0.2) is 0 Å². The lowest BCUT2D eigenvalue weighted by Gasteiger charge is -2.05. The first-order valence-corrected chi connectivity index (χ1v) is 9.67. The number of hydrogen-bond acceptors (Lipinski definition) is 3. The number of rotatable bonds is 1. The van der Waals surface area contributed by atoms with Gasteiger partial charge in [-0.1, -0.05) is 55.9 Å². The Hall–Kier alpha value is -2.12. The van der Waals surface area contributed by atoms with Crippen LogP contribution in [0, 0.1) is 11.5 Å². The topological polar surface area (TPSA) is 51.8 Å². The largest absolute Gasteiger partial charge is 0.381 e. The highest BCUT2D eigenvalue weighted by atomic mass is 28.3. The molecule has 0 aliphatic carbocycles. The average Bonchev–Trinajstić information content (AvgIpc) is 2.38. The maximum Gasteiger partial charge on any atom is 0.161 e. The molecule has 3 nitrogen and oxygen atoms in total. The van der Waals surface area contributed by atoms with Crippen molar-refractivity contribution in [1.29, 1.82) is 0 Å². The molecule has 96 valence electrons. The number of nitrogens with two attached hydrogens (primary N) is 1. The maximum absolute atomic E-state index is 5.84. The van der Waals surface area contributed by atoms with Crippen LogP contribution in [0.3, 0.4) is 0 Å². The lowest BCUT2D eigenvalue weighted by atomic mass is 10.1. The molecule has 2 rings (SSSR count). The summed E-state index contributed by atoms with van der Waals surface area (Å²) in [4.78, 5) is 0. The third kappa shape index (κ3) is 3.67. The van der Waals surface area contributed by atoms with Crippen LogP contribution in [0.15, 0.2) is 36.4 Å². The third-order valence-electron chi connectivity index (χ3n) is 2.46. The zero-order chi connectivity index (χ0) is 13.9. The molecule has 0 saturated heterocycles. The van der Waals surface area contributed by atoms with E-state index in [1.807, 2.05) is 36.4 Å². The van der Waals surface area contributed by atoms with Crippen molar-refractivity contribution < 1.29 is 0 Å². The second kappa shape index (κ2) is 5.25. The fraction of sp³-hybridized carbons (Fsp3) is 0.200. The monoisotopic (exact) mass is 267 g/mol. The number of benzene rings is 1. The summed E-state index contributed by atoms with van der Waals surface area (Å²) in [7, 11) is -1.42. The first kappa shape index (κ1) is 13.3. The molecule has 2 aromatic rings. The van der Waals surface area contributed by atoms with Crippen LogP contribution < -0.4 is 5.73 Å². The van der Waals surface area contributed by atoms with Gasteiger partial charge in [-0.2, -0.15) is 0 Å². The second-order valence-corrected chi connectivity index (χ2v) is 10.1. The SMILES string of the molecule is C[Si](C)(C)C#Cc1cc(-c2ccccc2)nnc1N. The van der Waals surface area contributed by atoms with Crippen molar-refractivity contribution in [2.75, 3.05) is 5.73 Å². The van der Waals surface area contributed by atoms with Crippen molar-refractivity contribution in [2.24, 2.45) is 0 Å². The zero-order valence-corrected chi connectivity index (χ0v) is 12.4. The lowest BCUT2D eigenvalue weighted by molar-refractivity contribution is 1.04. The van der Waals surface area contributed by atoms with Crippen molar-refractivity contribution in [2.45, 2.75) is 19.6 Å². The minimum absolute atomic E-state index is 0.394. The Morgan fingerprint density at radius 2 is 1.74 bits per heavy atom. The minimum Gasteiger partial charge on any atom is -0.381 e. The van der Waals surface area contributed by atoms with E-state index in [9.17, 15) is 0 Å². The van der Waals surface area contributed by atoms with E-state index in [1.54, 1.807) is 0 Å². The summed E-state index contributed by atoms with van der Waals surface area (Å²) >= 11 is 0. The molecule has 0 bridgehead atoms. The third-order valence-corrected chi connectivity index (χ3v) is 3.34. The van der Waals surface area contributed by atoms with E-state index in [0.29, 0.717) is 5.82 Å². The molecule has 4 heteroatoms. The zero-order valence-electron chi connectivity index (χ0n) is 11.4.